The zero-order chi connectivity index (χ0) is 23.7. The summed E-state index contributed by atoms with van der Waals surface area (Å²) in [6.07, 6.45) is 3.53. The maximum atomic E-state index is 12.9. The highest BCUT2D eigenvalue weighted by Gasteiger charge is 2.37. The van der Waals surface area contributed by atoms with Crippen LogP contribution in [-0.2, 0) is 14.3 Å². The van der Waals surface area contributed by atoms with Gasteiger partial charge in [-0.1, -0.05) is 55.0 Å². The van der Waals surface area contributed by atoms with Crippen molar-refractivity contribution in [2.24, 2.45) is 11.8 Å². The first-order valence-electron chi connectivity index (χ1n) is 12.2. The number of nitrogens with one attached hydrogen (secondary N) is 2. The number of fused-ring (bicyclic) bond motifs is 3. The molecule has 34 heavy (non-hydrogen) atoms. The van der Waals surface area contributed by atoms with Gasteiger partial charge in [0.05, 0.1) is 11.8 Å². The Hall–Kier alpha value is -3.35. The van der Waals surface area contributed by atoms with Crippen LogP contribution < -0.4 is 10.6 Å². The molecule has 3 aliphatic carbocycles. The fraction of sp³-hybridized carbons (Fsp3) is 0.444. The van der Waals surface area contributed by atoms with Crippen molar-refractivity contribution in [2.75, 3.05) is 6.61 Å². The lowest BCUT2D eigenvalue weighted by atomic mass is 9.98. The fourth-order valence-electron chi connectivity index (χ4n) is 5.88. The molecule has 0 spiro atoms. The lowest BCUT2D eigenvalue weighted by molar-refractivity contribution is -0.141. The van der Waals surface area contributed by atoms with Crippen molar-refractivity contribution in [1.82, 2.24) is 10.6 Å². The second-order valence-electron chi connectivity index (χ2n) is 9.67. The van der Waals surface area contributed by atoms with E-state index in [1.165, 1.54) is 11.1 Å². The van der Waals surface area contributed by atoms with Crippen LogP contribution in [0.1, 0.15) is 55.6 Å². The SMILES string of the molecule is O=C(N[C@H]1CCC[C@H]1C(=O)N[C@H]1CC[C@@H](C(=O)O)C1)OCC1c2ccccc2-c2ccccc21. The van der Waals surface area contributed by atoms with Crippen LogP contribution in [0.5, 0.6) is 0 Å². The summed E-state index contributed by atoms with van der Waals surface area (Å²) in [7, 11) is 0. The first kappa shape index (κ1) is 22.4. The van der Waals surface area contributed by atoms with Crippen LogP contribution in [0.4, 0.5) is 4.79 Å². The number of alkyl carbamates (subject to hydrolysis) is 1. The van der Waals surface area contributed by atoms with Crippen molar-refractivity contribution in [1.29, 1.82) is 0 Å². The lowest BCUT2D eigenvalue weighted by Crippen LogP contribution is -2.46. The molecule has 0 radical (unpaired) electrons. The van der Waals surface area contributed by atoms with E-state index in [-0.39, 0.29) is 42.4 Å². The molecule has 0 unspecified atom stereocenters. The lowest BCUT2D eigenvalue weighted by Gasteiger charge is -2.23. The fourth-order valence-corrected chi connectivity index (χ4v) is 5.88. The van der Waals surface area contributed by atoms with Gasteiger partial charge >= 0.3 is 12.1 Å². The molecule has 0 aliphatic heterocycles. The number of hydrogen-bond donors (Lipinski definition) is 3. The highest BCUT2D eigenvalue weighted by molar-refractivity contribution is 5.82. The summed E-state index contributed by atoms with van der Waals surface area (Å²) in [5, 5.41) is 15.1. The number of hydrogen-bond acceptors (Lipinski definition) is 4. The largest absolute Gasteiger partial charge is 0.481 e. The molecule has 4 atom stereocenters. The maximum Gasteiger partial charge on any atom is 0.407 e. The van der Waals surface area contributed by atoms with Gasteiger partial charge < -0.3 is 20.5 Å². The van der Waals surface area contributed by atoms with Crippen molar-refractivity contribution in [2.45, 2.75) is 56.5 Å². The number of carboxylic acid groups (broad SMARTS) is 1. The minimum Gasteiger partial charge on any atom is -0.481 e. The van der Waals surface area contributed by atoms with E-state index in [0.29, 0.717) is 25.7 Å². The predicted octanol–water partition coefficient (Wildman–Crippen LogP) is 4.06. The molecule has 178 valence electrons. The quantitative estimate of drug-likeness (QED) is 0.600. The summed E-state index contributed by atoms with van der Waals surface area (Å²) in [6, 6.07) is 16.0. The summed E-state index contributed by atoms with van der Waals surface area (Å²) in [5.41, 5.74) is 4.67. The molecule has 0 heterocycles. The summed E-state index contributed by atoms with van der Waals surface area (Å²) in [4.78, 5) is 36.7. The van der Waals surface area contributed by atoms with Gasteiger partial charge in [-0.15, -0.1) is 0 Å². The minimum absolute atomic E-state index is 0.00892. The van der Waals surface area contributed by atoms with Gasteiger partial charge in [-0.25, -0.2) is 4.79 Å². The highest BCUT2D eigenvalue weighted by Crippen LogP contribution is 2.44. The van der Waals surface area contributed by atoms with Gasteiger partial charge in [0.2, 0.25) is 5.91 Å². The predicted molar refractivity (Wildman–Crippen MR) is 126 cm³/mol. The Morgan fingerprint density at radius 1 is 0.882 bits per heavy atom. The topological polar surface area (TPSA) is 105 Å². The third kappa shape index (κ3) is 4.39. The Balaban J connectivity index is 1.17. The van der Waals surface area contributed by atoms with E-state index in [1.807, 2.05) is 24.3 Å². The molecule has 0 bridgehead atoms. The van der Waals surface area contributed by atoms with Crippen LogP contribution in [0, 0.1) is 11.8 Å². The van der Waals surface area contributed by atoms with Crippen molar-refractivity contribution in [3.05, 3.63) is 59.7 Å². The summed E-state index contributed by atoms with van der Waals surface area (Å²) in [6.45, 7) is 0.238. The number of carbonyl (C=O) groups is 3. The normalized spacial score (nSPS) is 25.4. The Labute approximate surface area is 198 Å². The number of carboxylic acids is 1. The van der Waals surface area contributed by atoms with Gasteiger partial charge in [0.25, 0.3) is 0 Å². The van der Waals surface area contributed by atoms with E-state index >= 15 is 0 Å². The van der Waals surface area contributed by atoms with Gasteiger partial charge in [0.1, 0.15) is 6.61 Å². The zero-order valence-corrected chi connectivity index (χ0v) is 19.0. The summed E-state index contributed by atoms with van der Waals surface area (Å²) >= 11 is 0. The second-order valence-corrected chi connectivity index (χ2v) is 9.67. The molecule has 3 aliphatic rings. The van der Waals surface area contributed by atoms with Crippen molar-refractivity contribution < 1.29 is 24.2 Å². The molecule has 2 fully saturated rings. The Kier molecular flexibility index (Phi) is 6.26. The highest BCUT2D eigenvalue weighted by atomic mass is 16.5. The van der Waals surface area contributed by atoms with Gasteiger partial charge in [-0.3, -0.25) is 9.59 Å². The molecular weight excluding hydrogens is 432 g/mol. The molecule has 2 aromatic rings. The average molecular weight is 463 g/mol. The molecule has 5 rings (SSSR count). The molecule has 0 aromatic heterocycles. The summed E-state index contributed by atoms with van der Waals surface area (Å²) < 4.78 is 5.66. The first-order chi connectivity index (χ1) is 16.5. The van der Waals surface area contributed by atoms with Gasteiger partial charge in [0, 0.05) is 18.0 Å². The number of rotatable bonds is 6. The van der Waals surface area contributed by atoms with Crippen molar-refractivity contribution in [3.8, 4) is 11.1 Å². The van der Waals surface area contributed by atoms with Crippen molar-refractivity contribution in [3.63, 3.8) is 0 Å². The van der Waals surface area contributed by atoms with E-state index < -0.39 is 12.1 Å². The molecule has 2 aromatic carbocycles. The molecule has 2 amide bonds. The second kappa shape index (κ2) is 9.49. The summed E-state index contributed by atoms with van der Waals surface area (Å²) in [5.74, 6) is -1.61. The number of amides is 2. The third-order valence-electron chi connectivity index (χ3n) is 7.63. The minimum atomic E-state index is -0.799. The van der Waals surface area contributed by atoms with Crippen LogP contribution in [0.15, 0.2) is 48.5 Å². The molecule has 7 nitrogen and oxygen atoms in total. The van der Waals surface area contributed by atoms with Crippen LogP contribution in [0.3, 0.4) is 0 Å². The van der Waals surface area contributed by atoms with E-state index in [4.69, 9.17) is 4.74 Å². The van der Waals surface area contributed by atoms with E-state index in [9.17, 15) is 19.5 Å². The first-order valence-corrected chi connectivity index (χ1v) is 12.2. The molecule has 0 saturated heterocycles. The van der Waals surface area contributed by atoms with E-state index in [1.54, 1.807) is 0 Å². The van der Waals surface area contributed by atoms with Crippen LogP contribution in [-0.4, -0.2) is 41.8 Å². The van der Waals surface area contributed by atoms with Crippen LogP contribution in [0.25, 0.3) is 11.1 Å². The maximum absolute atomic E-state index is 12.9. The number of benzene rings is 2. The Bertz CT molecular complexity index is 1050. The molecule has 7 heteroatoms. The molecular formula is C27H30N2O5. The standard InChI is InChI=1S/C27H30N2O5/c30-25(28-17-13-12-16(14-17)26(31)32)22-10-5-11-24(22)29-27(33)34-15-23-20-8-3-1-6-18(20)19-7-2-4-9-21(19)23/h1-4,6-9,16-17,22-24H,5,10-15H2,(H,28,30)(H,29,33)(H,31,32)/t16-,17+,22-,24+/m1/s1. The molecule has 2 saturated carbocycles. The number of aliphatic carboxylic acids is 1. The van der Waals surface area contributed by atoms with Crippen LogP contribution >= 0.6 is 0 Å². The third-order valence-corrected chi connectivity index (χ3v) is 7.63. The van der Waals surface area contributed by atoms with Crippen molar-refractivity contribution >= 4 is 18.0 Å². The van der Waals surface area contributed by atoms with E-state index in [2.05, 4.69) is 34.9 Å². The van der Waals surface area contributed by atoms with Crippen LogP contribution in [0.2, 0.25) is 0 Å². The monoisotopic (exact) mass is 462 g/mol. The Morgan fingerprint density at radius 2 is 1.56 bits per heavy atom. The van der Waals surface area contributed by atoms with Gasteiger partial charge in [-0.05, 0) is 54.4 Å². The Morgan fingerprint density at radius 3 is 2.21 bits per heavy atom. The average Bonchev–Trinajstić information content (AvgIpc) is 3.56. The van der Waals surface area contributed by atoms with Gasteiger partial charge in [-0.2, -0.15) is 0 Å². The number of ether oxygens (including phenoxy) is 1. The van der Waals surface area contributed by atoms with Gasteiger partial charge in [0.15, 0.2) is 0 Å². The smallest absolute Gasteiger partial charge is 0.407 e. The van der Waals surface area contributed by atoms with E-state index in [0.717, 1.165) is 24.0 Å². The number of carbonyl (C=O) groups excluding carboxylic acids is 2. The molecule has 3 N–H and O–H groups in total. The zero-order valence-electron chi connectivity index (χ0n) is 19.0.